The van der Waals surface area contributed by atoms with Gasteiger partial charge in [-0.15, -0.1) is 35.3 Å². The van der Waals surface area contributed by atoms with Crippen LogP contribution in [0.3, 0.4) is 0 Å². The zero-order chi connectivity index (χ0) is 19.6. The molecule has 0 spiro atoms. The van der Waals surface area contributed by atoms with Crippen LogP contribution in [-0.4, -0.2) is 53.0 Å². The Morgan fingerprint density at radius 2 is 2.07 bits per heavy atom. The van der Waals surface area contributed by atoms with Crippen molar-refractivity contribution < 1.29 is 0 Å². The van der Waals surface area contributed by atoms with Crippen LogP contribution in [0.5, 0.6) is 0 Å². The quantitative estimate of drug-likeness (QED) is 0.312. The van der Waals surface area contributed by atoms with Crippen LogP contribution in [0.15, 0.2) is 35.6 Å². The van der Waals surface area contributed by atoms with Gasteiger partial charge in [-0.2, -0.15) is 0 Å². The topological polar surface area (TPSA) is 65.4 Å². The second kappa shape index (κ2) is 13.1. The van der Waals surface area contributed by atoms with Gasteiger partial charge < -0.3 is 10.6 Å². The predicted molar refractivity (Wildman–Crippen MR) is 132 cm³/mol. The van der Waals surface area contributed by atoms with Crippen LogP contribution in [0.25, 0.3) is 0 Å². The lowest BCUT2D eigenvalue weighted by molar-refractivity contribution is 0.196. The molecule has 0 amide bonds. The summed E-state index contributed by atoms with van der Waals surface area (Å²) in [5.74, 6) is 0.929. The van der Waals surface area contributed by atoms with Gasteiger partial charge in [-0.05, 0) is 38.3 Å². The zero-order valence-electron chi connectivity index (χ0n) is 17.4. The van der Waals surface area contributed by atoms with Crippen molar-refractivity contribution in [1.82, 2.24) is 25.5 Å². The van der Waals surface area contributed by atoms with Crippen LogP contribution >= 0.6 is 35.3 Å². The molecule has 1 fully saturated rings. The molecule has 8 heteroatoms. The maximum absolute atomic E-state index is 4.76. The fourth-order valence-electron chi connectivity index (χ4n) is 3.36. The number of hydrogen-bond donors (Lipinski definition) is 2. The number of rotatable bonds is 8. The fourth-order valence-corrected chi connectivity index (χ4v) is 4.21. The van der Waals surface area contributed by atoms with E-state index in [-0.39, 0.29) is 24.0 Å². The maximum atomic E-state index is 4.76. The van der Waals surface area contributed by atoms with Crippen LogP contribution < -0.4 is 10.6 Å². The SMILES string of the molecule is CCNC(=NCCc1ncc(CC)s1)NC1CCN(Cc2ccccn2)CC1.I. The van der Waals surface area contributed by atoms with Crippen LogP contribution in [-0.2, 0) is 19.4 Å². The number of aryl methyl sites for hydroxylation is 1. The van der Waals surface area contributed by atoms with Gasteiger partial charge in [-0.25, -0.2) is 4.98 Å². The van der Waals surface area contributed by atoms with Gasteiger partial charge >= 0.3 is 0 Å². The molecule has 0 atom stereocenters. The molecule has 3 heterocycles. The molecule has 0 radical (unpaired) electrons. The van der Waals surface area contributed by atoms with E-state index < -0.39 is 0 Å². The van der Waals surface area contributed by atoms with Crippen molar-refractivity contribution in [2.24, 2.45) is 4.99 Å². The third-order valence-electron chi connectivity index (χ3n) is 4.93. The predicted octanol–water partition coefficient (Wildman–Crippen LogP) is 3.48. The number of thiazole rings is 1. The molecule has 1 aliphatic rings. The number of pyridine rings is 1. The summed E-state index contributed by atoms with van der Waals surface area (Å²) in [4.78, 5) is 17.5. The summed E-state index contributed by atoms with van der Waals surface area (Å²) in [7, 11) is 0. The Morgan fingerprint density at radius 1 is 1.24 bits per heavy atom. The third-order valence-corrected chi connectivity index (χ3v) is 6.13. The van der Waals surface area contributed by atoms with Gasteiger partial charge in [0.15, 0.2) is 5.96 Å². The standard InChI is InChI=1S/C21H32N6S.HI/c1-3-19-15-25-20(28-19)8-12-24-21(22-4-2)26-17-9-13-27(14-10-17)16-18-7-5-6-11-23-18;/h5-7,11,15,17H,3-4,8-10,12-14,16H2,1-2H3,(H2,22,24,26);1H. The van der Waals surface area contributed by atoms with Crippen molar-refractivity contribution in [1.29, 1.82) is 0 Å². The second-order valence-corrected chi connectivity index (χ2v) is 8.30. The smallest absolute Gasteiger partial charge is 0.191 e. The highest BCUT2D eigenvalue weighted by Gasteiger charge is 2.20. The molecule has 0 aromatic carbocycles. The van der Waals surface area contributed by atoms with E-state index >= 15 is 0 Å². The molecule has 160 valence electrons. The third kappa shape index (κ3) is 8.18. The fraction of sp³-hybridized carbons (Fsp3) is 0.571. The number of halogens is 1. The molecule has 0 saturated carbocycles. The van der Waals surface area contributed by atoms with Gasteiger partial charge in [-0.1, -0.05) is 13.0 Å². The molecule has 2 N–H and O–H groups in total. The van der Waals surface area contributed by atoms with Gasteiger partial charge in [0, 0.05) is 62.5 Å². The highest BCUT2D eigenvalue weighted by atomic mass is 127. The summed E-state index contributed by atoms with van der Waals surface area (Å²) >= 11 is 1.80. The van der Waals surface area contributed by atoms with E-state index in [9.17, 15) is 0 Å². The van der Waals surface area contributed by atoms with Crippen molar-refractivity contribution in [2.45, 2.75) is 52.1 Å². The van der Waals surface area contributed by atoms with E-state index in [1.165, 1.54) is 9.88 Å². The highest BCUT2D eigenvalue weighted by Crippen LogP contribution is 2.14. The van der Waals surface area contributed by atoms with Gasteiger partial charge in [0.1, 0.15) is 0 Å². The minimum atomic E-state index is 0. The highest BCUT2D eigenvalue weighted by molar-refractivity contribution is 14.0. The lowest BCUT2D eigenvalue weighted by Crippen LogP contribution is -2.48. The first-order valence-electron chi connectivity index (χ1n) is 10.4. The first kappa shape index (κ1) is 24.0. The summed E-state index contributed by atoms with van der Waals surface area (Å²) in [6, 6.07) is 6.61. The summed E-state index contributed by atoms with van der Waals surface area (Å²) in [5, 5.41) is 8.19. The zero-order valence-corrected chi connectivity index (χ0v) is 20.6. The van der Waals surface area contributed by atoms with Crippen LogP contribution in [0.1, 0.15) is 42.3 Å². The van der Waals surface area contributed by atoms with E-state index in [1.807, 2.05) is 18.5 Å². The first-order chi connectivity index (χ1) is 13.8. The molecule has 29 heavy (non-hydrogen) atoms. The number of nitrogens with zero attached hydrogens (tertiary/aromatic N) is 4. The lowest BCUT2D eigenvalue weighted by atomic mass is 10.0. The Kier molecular flexibility index (Phi) is 10.9. The normalized spacial score (nSPS) is 15.7. The van der Waals surface area contributed by atoms with Crippen LogP contribution in [0, 0.1) is 0 Å². The summed E-state index contributed by atoms with van der Waals surface area (Å²) in [6.07, 6.45) is 8.09. The lowest BCUT2D eigenvalue weighted by Gasteiger charge is -2.32. The number of hydrogen-bond acceptors (Lipinski definition) is 5. The Bertz CT molecular complexity index is 728. The number of piperidine rings is 1. The van der Waals surface area contributed by atoms with E-state index in [1.54, 1.807) is 11.3 Å². The van der Waals surface area contributed by atoms with E-state index in [0.717, 1.165) is 70.1 Å². The second-order valence-electron chi connectivity index (χ2n) is 7.10. The van der Waals surface area contributed by atoms with Crippen molar-refractivity contribution >= 4 is 41.3 Å². The Balaban J connectivity index is 0.00000300. The molecule has 1 saturated heterocycles. The van der Waals surface area contributed by atoms with Crippen molar-refractivity contribution in [3.8, 4) is 0 Å². The molecular weight excluding hydrogens is 495 g/mol. The number of nitrogens with one attached hydrogen (secondary N) is 2. The number of aliphatic imine (C=N–C) groups is 1. The molecule has 0 bridgehead atoms. The monoisotopic (exact) mass is 528 g/mol. The molecule has 2 aromatic rings. The maximum Gasteiger partial charge on any atom is 0.191 e. The minimum Gasteiger partial charge on any atom is -0.357 e. The Morgan fingerprint density at radius 3 is 2.72 bits per heavy atom. The van der Waals surface area contributed by atoms with E-state index in [4.69, 9.17) is 4.99 Å². The van der Waals surface area contributed by atoms with Gasteiger partial charge in [0.2, 0.25) is 0 Å². The molecule has 0 aliphatic carbocycles. The first-order valence-corrected chi connectivity index (χ1v) is 11.2. The van der Waals surface area contributed by atoms with Crippen LogP contribution in [0.4, 0.5) is 0 Å². The Hall–Kier alpha value is -1.26. The average Bonchev–Trinajstić information content (AvgIpc) is 3.18. The molecule has 3 rings (SSSR count). The molecular formula is C21H33IN6S. The van der Waals surface area contributed by atoms with E-state index in [0.29, 0.717) is 6.04 Å². The molecule has 0 unspecified atom stereocenters. The van der Waals surface area contributed by atoms with E-state index in [2.05, 4.69) is 51.5 Å². The van der Waals surface area contributed by atoms with Gasteiger partial charge in [0.25, 0.3) is 0 Å². The summed E-state index contributed by atoms with van der Waals surface area (Å²) in [5.41, 5.74) is 1.15. The van der Waals surface area contributed by atoms with Gasteiger partial charge in [0.05, 0.1) is 10.7 Å². The summed E-state index contributed by atoms with van der Waals surface area (Å²) in [6.45, 7) is 9.05. The van der Waals surface area contributed by atoms with Crippen molar-refractivity contribution in [2.75, 3.05) is 26.2 Å². The Labute approximate surface area is 195 Å². The molecule has 2 aromatic heterocycles. The van der Waals surface area contributed by atoms with Gasteiger partial charge in [-0.3, -0.25) is 14.9 Å². The van der Waals surface area contributed by atoms with Crippen molar-refractivity contribution in [3.63, 3.8) is 0 Å². The number of aromatic nitrogens is 2. The largest absolute Gasteiger partial charge is 0.357 e. The average molecular weight is 529 g/mol. The minimum absolute atomic E-state index is 0. The van der Waals surface area contributed by atoms with Crippen LogP contribution in [0.2, 0.25) is 0 Å². The number of guanidine groups is 1. The van der Waals surface area contributed by atoms with Crippen molar-refractivity contribution in [3.05, 3.63) is 46.2 Å². The molecule has 6 nitrogen and oxygen atoms in total. The molecule has 1 aliphatic heterocycles. The number of likely N-dealkylation sites (tertiary alicyclic amines) is 1. The summed E-state index contributed by atoms with van der Waals surface area (Å²) < 4.78 is 0.